The van der Waals surface area contributed by atoms with Gasteiger partial charge in [0.1, 0.15) is 0 Å². The van der Waals surface area contributed by atoms with E-state index < -0.39 is 0 Å². The first-order chi connectivity index (χ1) is 8.15. The van der Waals surface area contributed by atoms with Gasteiger partial charge >= 0.3 is 0 Å². The molecule has 0 radical (unpaired) electrons. The molecule has 0 spiro atoms. The molecule has 0 aromatic rings. The zero-order chi connectivity index (χ0) is 12.7. The van der Waals surface area contributed by atoms with Crippen LogP contribution in [0.3, 0.4) is 0 Å². The van der Waals surface area contributed by atoms with Crippen molar-refractivity contribution in [3.05, 3.63) is 0 Å². The Balaban J connectivity index is 2.16. The summed E-state index contributed by atoms with van der Waals surface area (Å²) in [5, 5.41) is 3.50. The molecule has 2 nitrogen and oxygen atoms in total. The second kappa shape index (κ2) is 8.10. The minimum atomic E-state index is 0.772. The monoisotopic (exact) mass is 240 g/mol. The lowest BCUT2D eigenvalue weighted by Crippen LogP contribution is -2.38. The highest BCUT2D eigenvalue weighted by Gasteiger charge is 2.31. The molecular weight excluding hydrogens is 208 g/mol. The Labute approximate surface area is 108 Å². The molecule has 0 heterocycles. The lowest BCUT2D eigenvalue weighted by Gasteiger charge is -2.30. The van der Waals surface area contributed by atoms with E-state index in [1.807, 2.05) is 0 Å². The van der Waals surface area contributed by atoms with Crippen LogP contribution >= 0.6 is 0 Å². The highest BCUT2D eigenvalue weighted by Crippen LogP contribution is 2.30. The molecule has 1 saturated carbocycles. The molecule has 1 unspecified atom stereocenters. The van der Waals surface area contributed by atoms with E-state index in [-0.39, 0.29) is 0 Å². The highest BCUT2D eigenvalue weighted by atomic mass is 15.2. The summed E-state index contributed by atoms with van der Waals surface area (Å²) in [4.78, 5) is 2.75. The van der Waals surface area contributed by atoms with Gasteiger partial charge in [-0.15, -0.1) is 0 Å². The molecule has 1 N–H and O–H groups in total. The molecule has 1 fully saturated rings. The van der Waals surface area contributed by atoms with Crippen LogP contribution in [-0.4, -0.2) is 36.6 Å². The smallest absolute Gasteiger partial charge is 0.00993 e. The van der Waals surface area contributed by atoms with Crippen LogP contribution < -0.4 is 5.32 Å². The van der Waals surface area contributed by atoms with Gasteiger partial charge in [0.2, 0.25) is 0 Å². The average Bonchev–Trinajstić information content (AvgIpc) is 3.09. The third-order valence-corrected chi connectivity index (χ3v) is 3.56. The van der Waals surface area contributed by atoms with Crippen molar-refractivity contribution in [3.63, 3.8) is 0 Å². The molecule has 102 valence electrons. The maximum atomic E-state index is 3.50. The fourth-order valence-electron chi connectivity index (χ4n) is 2.51. The van der Waals surface area contributed by atoms with Gasteiger partial charge in [-0.1, -0.05) is 20.8 Å². The topological polar surface area (TPSA) is 15.3 Å². The molecule has 1 aliphatic carbocycles. The standard InChI is InChI=1S/C15H32N2/c1-5-10-16-11-6-7-14(4)17(12-13(2)3)15-8-9-15/h13-16H,5-12H2,1-4H3. The quantitative estimate of drug-likeness (QED) is 0.590. The van der Waals surface area contributed by atoms with Crippen LogP contribution in [0.4, 0.5) is 0 Å². The summed E-state index contributed by atoms with van der Waals surface area (Å²) in [6, 6.07) is 1.68. The van der Waals surface area contributed by atoms with Gasteiger partial charge in [-0.3, -0.25) is 4.90 Å². The Bertz CT molecular complexity index is 187. The molecular formula is C15H32N2. The van der Waals surface area contributed by atoms with Gasteiger partial charge in [-0.2, -0.15) is 0 Å². The van der Waals surface area contributed by atoms with Crippen molar-refractivity contribution in [1.29, 1.82) is 0 Å². The molecule has 0 bridgehead atoms. The van der Waals surface area contributed by atoms with Crippen molar-refractivity contribution in [1.82, 2.24) is 10.2 Å². The summed E-state index contributed by atoms with van der Waals surface area (Å²) in [6.45, 7) is 13.0. The van der Waals surface area contributed by atoms with Crippen LogP contribution in [-0.2, 0) is 0 Å². The van der Waals surface area contributed by atoms with Crippen molar-refractivity contribution in [2.24, 2.45) is 5.92 Å². The summed E-state index contributed by atoms with van der Waals surface area (Å²) in [5.41, 5.74) is 0. The second-order valence-electron chi connectivity index (χ2n) is 6.06. The largest absolute Gasteiger partial charge is 0.317 e. The Morgan fingerprint density at radius 3 is 2.41 bits per heavy atom. The second-order valence-corrected chi connectivity index (χ2v) is 6.06. The third-order valence-electron chi connectivity index (χ3n) is 3.56. The van der Waals surface area contributed by atoms with Crippen LogP contribution in [0.15, 0.2) is 0 Å². The summed E-state index contributed by atoms with van der Waals surface area (Å²) in [6.07, 6.45) is 6.79. The molecule has 2 heteroatoms. The van der Waals surface area contributed by atoms with Crippen molar-refractivity contribution in [2.75, 3.05) is 19.6 Å². The normalized spacial score (nSPS) is 18.0. The van der Waals surface area contributed by atoms with E-state index >= 15 is 0 Å². The van der Waals surface area contributed by atoms with Crippen LogP contribution in [0.2, 0.25) is 0 Å². The van der Waals surface area contributed by atoms with Crippen molar-refractivity contribution < 1.29 is 0 Å². The zero-order valence-corrected chi connectivity index (χ0v) is 12.3. The van der Waals surface area contributed by atoms with Crippen LogP contribution in [0.5, 0.6) is 0 Å². The van der Waals surface area contributed by atoms with Crippen molar-refractivity contribution in [3.8, 4) is 0 Å². The van der Waals surface area contributed by atoms with Gasteiger partial charge in [0.05, 0.1) is 0 Å². The van der Waals surface area contributed by atoms with Gasteiger partial charge in [0.25, 0.3) is 0 Å². The van der Waals surface area contributed by atoms with E-state index in [4.69, 9.17) is 0 Å². The minimum Gasteiger partial charge on any atom is -0.317 e. The van der Waals surface area contributed by atoms with Crippen molar-refractivity contribution >= 4 is 0 Å². The molecule has 0 saturated heterocycles. The number of rotatable bonds is 10. The fourth-order valence-corrected chi connectivity index (χ4v) is 2.51. The Hall–Kier alpha value is -0.0800. The molecule has 1 atom stereocenters. The van der Waals surface area contributed by atoms with Crippen molar-refractivity contribution in [2.45, 2.75) is 71.9 Å². The maximum Gasteiger partial charge on any atom is 0.00993 e. The molecule has 0 amide bonds. The van der Waals surface area contributed by atoms with Crippen LogP contribution in [0.25, 0.3) is 0 Å². The Kier molecular flexibility index (Phi) is 7.14. The van der Waals surface area contributed by atoms with E-state index in [1.54, 1.807) is 0 Å². The van der Waals surface area contributed by atoms with Gasteiger partial charge in [-0.25, -0.2) is 0 Å². The number of hydrogen-bond donors (Lipinski definition) is 1. The first kappa shape index (κ1) is 15.0. The van der Waals surface area contributed by atoms with E-state index in [0.717, 1.165) is 18.0 Å². The summed E-state index contributed by atoms with van der Waals surface area (Å²) in [5.74, 6) is 0.802. The van der Waals surface area contributed by atoms with Crippen LogP contribution in [0, 0.1) is 5.92 Å². The van der Waals surface area contributed by atoms with Crippen LogP contribution in [0.1, 0.15) is 59.8 Å². The van der Waals surface area contributed by atoms with Gasteiger partial charge in [0.15, 0.2) is 0 Å². The lowest BCUT2D eigenvalue weighted by atomic mass is 10.1. The van der Waals surface area contributed by atoms with Gasteiger partial charge in [-0.05, 0) is 58.0 Å². The Morgan fingerprint density at radius 1 is 1.18 bits per heavy atom. The lowest BCUT2D eigenvalue weighted by molar-refractivity contribution is 0.166. The van der Waals surface area contributed by atoms with Gasteiger partial charge in [0, 0.05) is 18.6 Å². The summed E-state index contributed by atoms with van der Waals surface area (Å²) >= 11 is 0. The number of hydrogen-bond acceptors (Lipinski definition) is 2. The molecule has 0 aromatic carbocycles. The fraction of sp³-hybridized carbons (Fsp3) is 1.00. The molecule has 0 aliphatic heterocycles. The summed E-state index contributed by atoms with van der Waals surface area (Å²) in [7, 11) is 0. The number of nitrogens with zero attached hydrogens (tertiary/aromatic N) is 1. The first-order valence-corrected chi connectivity index (χ1v) is 7.61. The zero-order valence-electron chi connectivity index (χ0n) is 12.3. The maximum absolute atomic E-state index is 3.50. The minimum absolute atomic E-state index is 0.772. The molecule has 17 heavy (non-hydrogen) atoms. The SMILES string of the molecule is CCCNCCCC(C)N(CC(C)C)C1CC1. The van der Waals surface area contributed by atoms with Gasteiger partial charge < -0.3 is 5.32 Å². The average molecular weight is 240 g/mol. The molecule has 1 rings (SSSR count). The summed E-state index contributed by atoms with van der Waals surface area (Å²) < 4.78 is 0. The van der Waals surface area contributed by atoms with E-state index in [1.165, 1.54) is 51.7 Å². The highest BCUT2D eigenvalue weighted by molar-refractivity contribution is 4.87. The molecule has 0 aromatic heterocycles. The first-order valence-electron chi connectivity index (χ1n) is 7.61. The predicted molar refractivity (Wildman–Crippen MR) is 76.4 cm³/mol. The van der Waals surface area contributed by atoms with E-state index in [2.05, 4.69) is 37.9 Å². The predicted octanol–water partition coefficient (Wildman–Crippen LogP) is 3.28. The Morgan fingerprint density at radius 2 is 1.88 bits per heavy atom. The molecule has 1 aliphatic rings. The van der Waals surface area contributed by atoms with E-state index in [0.29, 0.717) is 0 Å². The third kappa shape index (κ3) is 6.42. The van der Waals surface area contributed by atoms with E-state index in [9.17, 15) is 0 Å². The number of nitrogens with one attached hydrogen (secondary N) is 1.